The largest absolute Gasteiger partial charge is 0.437 e. The molecule has 0 spiro atoms. The van der Waals surface area contributed by atoms with Gasteiger partial charge in [0.15, 0.2) is 0 Å². The number of carbonyl (C=O) groups is 1. The summed E-state index contributed by atoms with van der Waals surface area (Å²) in [5.74, 6) is 0.0552. The number of hydrogen-bond donors (Lipinski definition) is 1. The third-order valence-corrected chi connectivity index (χ3v) is 3.77. The molecule has 100 valence electrons. The van der Waals surface area contributed by atoms with E-state index < -0.39 is 5.76 Å². The molecular weight excluding hydrogens is 266 g/mol. The summed E-state index contributed by atoms with van der Waals surface area (Å²) in [4.78, 5) is 24.0. The van der Waals surface area contributed by atoms with Crippen LogP contribution in [0.3, 0.4) is 0 Å². The van der Waals surface area contributed by atoms with Crippen molar-refractivity contribution in [3.05, 3.63) is 28.1 Å². The standard InChI is InChI=1S/C12H13N3O3S/c16-10(13-6-8-3-4-8)7-15-12(17)18-11(14-15)9-2-1-5-19-9/h1-2,5,8H,3-4,6-7H2,(H,13,16). The molecule has 2 aromatic heterocycles. The number of nitrogens with zero attached hydrogens (tertiary/aromatic N) is 2. The Labute approximate surface area is 113 Å². The van der Waals surface area contributed by atoms with Crippen molar-refractivity contribution < 1.29 is 9.21 Å². The first-order chi connectivity index (χ1) is 9.22. The Balaban J connectivity index is 1.67. The average Bonchev–Trinajstić information content (AvgIpc) is 2.91. The number of amides is 1. The number of hydrogen-bond acceptors (Lipinski definition) is 5. The molecule has 19 heavy (non-hydrogen) atoms. The van der Waals surface area contributed by atoms with Crippen molar-refractivity contribution in [3.8, 4) is 10.8 Å². The highest BCUT2D eigenvalue weighted by Gasteiger charge is 2.22. The zero-order valence-electron chi connectivity index (χ0n) is 10.2. The smallest absolute Gasteiger partial charge is 0.387 e. The van der Waals surface area contributed by atoms with Crippen LogP contribution in [0.5, 0.6) is 0 Å². The quantitative estimate of drug-likeness (QED) is 0.888. The van der Waals surface area contributed by atoms with Crippen molar-refractivity contribution in [2.45, 2.75) is 19.4 Å². The molecule has 1 amide bonds. The SMILES string of the molecule is O=C(Cn1nc(-c2cccs2)oc1=O)NCC1CC1. The van der Waals surface area contributed by atoms with Gasteiger partial charge < -0.3 is 9.73 Å². The summed E-state index contributed by atoms with van der Waals surface area (Å²) in [7, 11) is 0. The highest BCUT2D eigenvalue weighted by atomic mass is 32.1. The molecule has 1 saturated carbocycles. The fourth-order valence-corrected chi connectivity index (χ4v) is 2.32. The van der Waals surface area contributed by atoms with Gasteiger partial charge in [0.25, 0.3) is 5.89 Å². The second-order valence-corrected chi connectivity index (χ2v) is 5.50. The van der Waals surface area contributed by atoms with Gasteiger partial charge in [-0.3, -0.25) is 4.79 Å². The van der Waals surface area contributed by atoms with E-state index in [-0.39, 0.29) is 18.3 Å². The molecule has 1 N–H and O–H groups in total. The van der Waals surface area contributed by atoms with Crippen LogP contribution in [-0.4, -0.2) is 22.2 Å². The Hall–Kier alpha value is -1.89. The van der Waals surface area contributed by atoms with E-state index in [2.05, 4.69) is 10.4 Å². The third-order valence-electron chi connectivity index (χ3n) is 2.92. The summed E-state index contributed by atoms with van der Waals surface area (Å²) in [6.45, 7) is 0.587. The molecule has 2 heterocycles. The van der Waals surface area contributed by atoms with Crippen LogP contribution >= 0.6 is 11.3 Å². The van der Waals surface area contributed by atoms with Crippen molar-refractivity contribution in [1.82, 2.24) is 15.1 Å². The fraction of sp³-hybridized carbons (Fsp3) is 0.417. The van der Waals surface area contributed by atoms with Gasteiger partial charge in [0.05, 0.1) is 4.88 Å². The predicted molar refractivity (Wildman–Crippen MR) is 69.8 cm³/mol. The number of thiophene rings is 1. The van der Waals surface area contributed by atoms with E-state index in [1.807, 2.05) is 17.5 Å². The molecule has 1 aliphatic carbocycles. The third kappa shape index (κ3) is 2.93. The van der Waals surface area contributed by atoms with E-state index in [1.54, 1.807) is 0 Å². The summed E-state index contributed by atoms with van der Waals surface area (Å²) in [6, 6.07) is 3.66. The lowest BCUT2D eigenvalue weighted by Crippen LogP contribution is -2.32. The van der Waals surface area contributed by atoms with Crippen molar-refractivity contribution in [2.75, 3.05) is 6.54 Å². The maximum Gasteiger partial charge on any atom is 0.437 e. The summed E-state index contributed by atoms with van der Waals surface area (Å²) < 4.78 is 6.08. The van der Waals surface area contributed by atoms with Crippen LogP contribution in [0.2, 0.25) is 0 Å². The summed E-state index contributed by atoms with van der Waals surface area (Å²) in [5, 5.41) is 8.68. The topological polar surface area (TPSA) is 77.1 Å². The molecule has 2 aromatic rings. The number of carbonyl (C=O) groups excluding carboxylic acids is 1. The maximum atomic E-state index is 11.6. The van der Waals surface area contributed by atoms with Gasteiger partial charge >= 0.3 is 5.76 Å². The van der Waals surface area contributed by atoms with Gasteiger partial charge in [-0.25, -0.2) is 4.79 Å². The van der Waals surface area contributed by atoms with E-state index >= 15 is 0 Å². The van der Waals surface area contributed by atoms with Crippen molar-refractivity contribution in [2.24, 2.45) is 5.92 Å². The normalized spacial score (nSPS) is 14.5. The van der Waals surface area contributed by atoms with Crippen molar-refractivity contribution in [3.63, 3.8) is 0 Å². The molecule has 1 aliphatic rings. The van der Waals surface area contributed by atoms with Crippen molar-refractivity contribution in [1.29, 1.82) is 0 Å². The first-order valence-electron chi connectivity index (χ1n) is 6.11. The molecule has 0 bridgehead atoms. The van der Waals surface area contributed by atoms with E-state index in [1.165, 1.54) is 24.2 Å². The van der Waals surface area contributed by atoms with Gasteiger partial charge in [-0.15, -0.1) is 16.4 Å². The Morgan fingerprint density at radius 1 is 1.58 bits per heavy atom. The first kappa shape index (κ1) is 12.2. The molecule has 3 rings (SSSR count). The fourth-order valence-electron chi connectivity index (χ4n) is 1.68. The molecule has 0 unspecified atom stereocenters. The molecular formula is C12H13N3O3S. The lowest BCUT2D eigenvalue weighted by atomic mass is 10.4. The molecule has 0 aromatic carbocycles. The molecule has 0 aliphatic heterocycles. The highest BCUT2D eigenvalue weighted by Crippen LogP contribution is 2.27. The van der Waals surface area contributed by atoms with Gasteiger partial charge in [0, 0.05) is 6.54 Å². The van der Waals surface area contributed by atoms with Gasteiger partial charge in [0.1, 0.15) is 6.54 Å². The molecule has 7 heteroatoms. The zero-order valence-corrected chi connectivity index (χ0v) is 11.0. The molecule has 0 radical (unpaired) electrons. The van der Waals surface area contributed by atoms with Crippen LogP contribution in [0.25, 0.3) is 10.8 Å². The van der Waals surface area contributed by atoms with Gasteiger partial charge in [-0.1, -0.05) is 6.07 Å². The Bertz CT molecular complexity index is 625. The van der Waals surface area contributed by atoms with Crippen LogP contribution in [0.15, 0.2) is 26.7 Å². The first-order valence-corrected chi connectivity index (χ1v) is 6.99. The van der Waals surface area contributed by atoms with Crippen LogP contribution < -0.4 is 11.1 Å². The van der Waals surface area contributed by atoms with E-state index in [4.69, 9.17) is 4.42 Å². The monoisotopic (exact) mass is 279 g/mol. The molecule has 6 nitrogen and oxygen atoms in total. The molecule has 0 atom stereocenters. The van der Waals surface area contributed by atoms with Gasteiger partial charge in [0.2, 0.25) is 5.91 Å². The lowest BCUT2D eigenvalue weighted by Gasteiger charge is -2.01. The average molecular weight is 279 g/mol. The maximum absolute atomic E-state index is 11.6. The predicted octanol–water partition coefficient (Wildman–Crippen LogP) is 1.09. The second kappa shape index (κ2) is 5.00. The Morgan fingerprint density at radius 2 is 2.42 bits per heavy atom. The van der Waals surface area contributed by atoms with Crippen LogP contribution in [-0.2, 0) is 11.3 Å². The minimum Gasteiger partial charge on any atom is -0.387 e. The van der Waals surface area contributed by atoms with Crippen LogP contribution in [0.1, 0.15) is 12.8 Å². The summed E-state index contributed by atoms with van der Waals surface area (Å²) in [5.41, 5.74) is 0. The van der Waals surface area contributed by atoms with E-state index in [0.29, 0.717) is 12.5 Å². The number of nitrogens with one attached hydrogen (secondary N) is 1. The lowest BCUT2D eigenvalue weighted by molar-refractivity contribution is -0.122. The van der Waals surface area contributed by atoms with E-state index in [9.17, 15) is 9.59 Å². The Kier molecular flexibility index (Phi) is 3.20. The summed E-state index contributed by atoms with van der Waals surface area (Å²) in [6.07, 6.45) is 2.35. The van der Waals surface area contributed by atoms with Gasteiger partial charge in [-0.2, -0.15) is 4.68 Å². The minimum atomic E-state index is -0.607. The van der Waals surface area contributed by atoms with Crippen LogP contribution in [0, 0.1) is 5.92 Å². The Morgan fingerprint density at radius 3 is 3.11 bits per heavy atom. The molecule has 1 fully saturated rings. The molecule has 0 saturated heterocycles. The highest BCUT2D eigenvalue weighted by molar-refractivity contribution is 7.13. The number of rotatable bonds is 5. The van der Waals surface area contributed by atoms with E-state index in [0.717, 1.165) is 9.56 Å². The minimum absolute atomic E-state index is 0.0968. The van der Waals surface area contributed by atoms with Crippen molar-refractivity contribution >= 4 is 17.2 Å². The van der Waals surface area contributed by atoms with Crippen LogP contribution in [0.4, 0.5) is 0 Å². The number of aromatic nitrogens is 2. The zero-order chi connectivity index (χ0) is 13.2. The second-order valence-electron chi connectivity index (χ2n) is 4.56. The van der Waals surface area contributed by atoms with Gasteiger partial charge in [-0.05, 0) is 30.2 Å². The summed E-state index contributed by atoms with van der Waals surface area (Å²) >= 11 is 1.43.